The van der Waals surface area contributed by atoms with Gasteiger partial charge in [0.25, 0.3) is 0 Å². The van der Waals surface area contributed by atoms with Crippen LogP contribution in [0.2, 0.25) is 0 Å². The van der Waals surface area contributed by atoms with Crippen molar-refractivity contribution >= 4 is 6.03 Å². The third-order valence-electron chi connectivity index (χ3n) is 3.31. The zero-order valence-electron chi connectivity index (χ0n) is 11.5. The molecule has 2 N–H and O–H groups in total. The molecule has 0 aromatic rings. The van der Waals surface area contributed by atoms with E-state index >= 15 is 0 Å². The van der Waals surface area contributed by atoms with Crippen molar-refractivity contribution in [3.8, 4) is 0 Å². The molecule has 2 amide bonds. The van der Waals surface area contributed by atoms with Gasteiger partial charge in [-0.1, -0.05) is 13.3 Å². The summed E-state index contributed by atoms with van der Waals surface area (Å²) in [5.41, 5.74) is 0. The lowest BCUT2D eigenvalue weighted by atomic mass is 10.1. The number of unbranched alkanes of at least 4 members (excludes halogenated alkanes) is 1. The Hall–Kier alpha value is -0.810. The Morgan fingerprint density at radius 2 is 2.33 bits per heavy atom. The second-order valence-electron chi connectivity index (χ2n) is 4.85. The first-order valence-corrected chi connectivity index (χ1v) is 6.97. The predicted molar refractivity (Wildman–Crippen MR) is 70.5 cm³/mol. The molecule has 0 aromatic heterocycles. The summed E-state index contributed by atoms with van der Waals surface area (Å²) < 4.78 is 5.55. The van der Waals surface area contributed by atoms with Gasteiger partial charge < -0.3 is 20.1 Å². The minimum absolute atomic E-state index is 0.00540. The number of rotatable bonds is 7. The Morgan fingerprint density at radius 3 is 2.89 bits per heavy atom. The predicted octanol–water partition coefficient (Wildman–Crippen LogP) is 1.36. The van der Waals surface area contributed by atoms with Crippen molar-refractivity contribution in [2.24, 2.45) is 0 Å². The van der Waals surface area contributed by atoms with Crippen LogP contribution in [0.4, 0.5) is 4.79 Å². The second kappa shape index (κ2) is 8.32. The summed E-state index contributed by atoms with van der Waals surface area (Å²) in [6.07, 6.45) is 4.21. The van der Waals surface area contributed by atoms with Crippen LogP contribution >= 0.6 is 0 Å². The zero-order valence-corrected chi connectivity index (χ0v) is 11.5. The fourth-order valence-corrected chi connectivity index (χ4v) is 2.16. The number of aliphatic hydroxyl groups is 1. The number of urea groups is 1. The molecule has 0 radical (unpaired) electrons. The van der Waals surface area contributed by atoms with Gasteiger partial charge in [0.2, 0.25) is 0 Å². The molecule has 2 atom stereocenters. The quantitative estimate of drug-likeness (QED) is 0.725. The van der Waals surface area contributed by atoms with Crippen LogP contribution in [-0.2, 0) is 4.74 Å². The molecule has 1 aliphatic rings. The largest absolute Gasteiger partial charge is 0.395 e. The van der Waals surface area contributed by atoms with Gasteiger partial charge in [0.1, 0.15) is 0 Å². The van der Waals surface area contributed by atoms with E-state index in [0.717, 1.165) is 32.3 Å². The molecule has 0 saturated carbocycles. The minimum atomic E-state index is -0.0968. The molecular weight excluding hydrogens is 232 g/mol. The van der Waals surface area contributed by atoms with Gasteiger partial charge in [0, 0.05) is 19.7 Å². The number of nitrogens with zero attached hydrogens (tertiary/aromatic N) is 1. The second-order valence-corrected chi connectivity index (χ2v) is 4.85. The highest BCUT2D eigenvalue weighted by Crippen LogP contribution is 2.15. The summed E-state index contributed by atoms with van der Waals surface area (Å²) in [7, 11) is 0. The number of carbonyl (C=O) groups excluding carboxylic acids is 1. The third-order valence-corrected chi connectivity index (χ3v) is 3.31. The lowest BCUT2D eigenvalue weighted by molar-refractivity contribution is 0.0826. The zero-order chi connectivity index (χ0) is 13.4. The molecule has 1 saturated heterocycles. The number of nitrogens with one attached hydrogen (secondary N) is 1. The molecule has 0 spiro atoms. The van der Waals surface area contributed by atoms with Crippen molar-refractivity contribution in [3.05, 3.63) is 0 Å². The third kappa shape index (κ3) is 4.82. The average Bonchev–Trinajstić information content (AvgIpc) is 2.88. The monoisotopic (exact) mass is 258 g/mol. The molecule has 0 aliphatic carbocycles. The SMILES string of the molecule is CCCCN(CCO)C(=O)NC(C)C1CCCO1. The molecule has 5 heteroatoms. The van der Waals surface area contributed by atoms with Gasteiger partial charge in [-0.25, -0.2) is 4.79 Å². The van der Waals surface area contributed by atoms with Gasteiger partial charge in [-0.15, -0.1) is 0 Å². The number of aliphatic hydroxyl groups excluding tert-OH is 1. The van der Waals surface area contributed by atoms with Crippen LogP contribution < -0.4 is 5.32 Å². The summed E-state index contributed by atoms with van der Waals surface area (Å²) in [5, 5.41) is 12.0. The van der Waals surface area contributed by atoms with Crippen LogP contribution in [0, 0.1) is 0 Å². The van der Waals surface area contributed by atoms with Gasteiger partial charge in [-0.2, -0.15) is 0 Å². The average molecular weight is 258 g/mol. The Bertz CT molecular complexity index is 242. The molecular formula is C13H26N2O3. The first-order chi connectivity index (χ1) is 8.69. The van der Waals surface area contributed by atoms with Gasteiger partial charge in [-0.3, -0.25) is 0 Å². The van der Waals surface area contributed by atoms with Crippen LogP contribution in [0.5, 0.6) is 0 Å². The number of amides is 2. The van der Waals surface area contributed by atoms with E-state index in [1.807, 2.05) is 6.92 Å². The van der Waals surface area contributed by atoms with E-state index in [0.29, 0.717) is 13.1 Å². The van der Waals surface area contributed by atoms with E-state index in [1.165, 1.54) is 0 Å². The van der Waals surface area contributed by atoms with Crippen molar-refractivity contribution in [2.75, 3.05) is 26.3 Å². The number of ether oxygens (including phenoxy) is 1. The summed E-state index contributed by atoms with van der Waals surface area (Å²) in [6, 6.07) is -0.0664. The van der Waals surface area contributed by atoms with Crippen molar-refractivity contribution in [1.82, 2.24) is 10.2 Å². The minimum Gasteiger partial charge on any atom is -0.395 e. The highest BCUT2D eigenvalue weighted by Gasteiger charge is 2.25. The number of carbonyl (C=O) groups is 1. The number of hydrogen-bond acceptors (Lipinski definition) is 3. The molecule has 18 heavy (non-hydrogen) atoms. The highest BCUT2D eigenvalue weighted by molar-refractivity contribution is 5.74. The van der Waals surface area contributed by atoms with Gasteiger partial charge in [0.05, 0.1) is 18.8 Å². The van der Waals surface area contributed by atoms with Crippen molar-refractivity contribution in [1.29, 1.82) is 0 Å². The lowest BCUT2D eigenvalue weighted by Gasteiger charge is -2.26. The van der Waals surface area contributed by atoms with Crippen molar-refractivity contribution in [2.45, 2.75) is 51.7 Å². The molecule has 1 fully saturated rings. The Kier molecular flexibility index (Phi) is 7.05. The summed E-state index contributed by atoms with van der Waals surface area (Å²) in [4.78, 5) is 13.7. The molecule has 106 valence electrons. The summed E-state index contributed by atoms with van der Waals surface area (Å²) in [5.74, 6) is 0. The standard InChI is InChI=1S/C13H26N2O3/c1-3-4-7-15(8-9-16)13(17)14-11(2)12-6-5-10-18-12/h11-12,16H,3-10H2,1-2H3,(H,14,17). The molecule has 0 bridgehead atoms. The van der Waals surface area contributed by atoms with E-state index in [4.69, 9.17) is 9.84 Å². The fourth-order valence-electron chi connectivity index (χ4n) is 2.16. The normalized spacial score (nSPS) is 20.7. The van der Waals surface area contributed by atoms with Gasteiger partial charge in [0.15, 0.2) is 0 Å². The maximum atomic E-state index is 12.1. The number of hydrogen-bond donors (Lipinski definition) is 2. The van der Waals surface area contributed by atoms with E-state index in [9.17, 15) is 4.79 Å². The first-order valence-electron chi connectivity index (χ1n) is 6.97. The molecule has 0 aromatic carbocycles. The Balaban J connectivity index is 2.38. The smallest absolute Gasteiger partial charge is 0.317 e. The van der Waals surface area contributed by atoms with E-state index in [-0.39, 0.29) is 24.8 Å². The van der Waals surface area contributed by atoms with Crippen molar-refractivity contribution < 1.29 is 14.6 Å². The molecule has 1 heterocycles. The maximum absolute atomic E-state index is 12.1. The van der Waals surface area contributed by atoms with E-state index in [2.05, 4.69) is 12.2 Å². The maximum Gasteiger partial charge on any atom is 0.317 e. The summed E-state index contributed by atoms with van der Waals surface area (Å²) >= 11 is 0. The van der Waals surface area contributed by atoms with Crippen LogP contribution in [0.15, 0.2) is 0 Å². The Morgan fingerprint density at radius 1 is 1.56 bits per heavy atom. The van der Waals surface area contributed by atoms with Crippen molar-refractivity contribution in [3.63, 3.8) is 0 Å². The van der Waals surface area contributed by atoms with Gasteiger partial charge in [-0.05, 0) is 26.2 Å². The van der Waals surface area contributed by atoms with E-state index in [1.54, 1.807) is 4.90 Å². The topological polar surface area (TPSA) is 61.8 Å². The van der Waals surface area contributed by atoms with Crippen LogP contribution in [0.25, 0.3) is 0 Å². The highest BCUT2D eigenvalue weighted by atomic mass is 16.5. The Labute approximate surface area is 109 Å². The molecule has 1 rings (SSSR count). The van der Waals surface area contributed by atoms with Gasteiger partial charge >= 0.3 is 6.03 Å². The molecule has 1 aliphatic heterocycles. The first kappa shape index (κ1) is 15.2. The van der Waals surface area contributed by atoms with Crippen LogP contribution in [-0.4, -0.2) is 54.5 Å². The van der Waals surface area contributed by atoms with Crippen LogP contribution in [0.1, 0.15) is 39.5 Å². The molecule has 2 unspecified atom stereocenters. The summed E-state index contributed by atoms with van der Waals surface area (Å²) in [6.45, 7) is 5.95. The van der Waals surface area contributed by atoms with E-state index < -0.39 is 0 Å². The van der Waals surface area contributed by atoms with Crippen LogP contribution in [0.3, 0.4) is 0 Å². The molecule has 5 nitrogen and oxygen atoms in total. The fraction of sp³-hybridized carbons (Fsp3) is 0.923. The lowest BCUT2D eigenvalue weighted by Crippen LogP contribution is -2.48.